The zero-order valence-corrected chi connectivity index (χ0v) is 17.7. The fourth-order valence-electron chi connectivity index (χ4n) is 3.07. The highest BCUT2D eigenvalue weighted by Gasteiger charge is 2.19. The molecular weight excluding hydrogens is 402 g/mol. The second-order valence-electron chi connectivity index (χ2n) is 6.69. The van der Waals surface area contributed by atoms with E-state index >= 15 is 0 Å². The van der Waals surface area contributed by atoms with Crippen LogP contribution in [0.1, 0.15) is 23.0 Å². The number of methoxy groups -OCH3 is 2. The molecule has 0 spiro atoms. The van der Waals surface area contributed by atoms with Crippen LogP contribution in [-0.4, -0.2) is 42.3 Å². The summed E-state index contributed by atoms with van der Waals surface area (Å²) in [5.74, 6) is -0.101. The van der Waals surface area contributed by atoms with Gasteiger partial charge in [-0.1, -0.05) is 0 Å². The molecule has 1 aromatic carbocycles. The quantitative estimate of drug-likeness (QED) is 0.580. The second-order valence-corrected chi connectivity index (χ2v) is 6.69. The van der Waals surface area contributed by atoms with Gasteiger partial charge in [0.2, 0.25) is 11.3 Å². The summed E-state index contributed by atoms with van der Waals surface area (Å²) >= 11 is 0. The molecule has 31 heavy (non-hydrogen) atoms. The number of fused-ring (bicyclic) bond motifs is 1. The number of carbonyl (C=O) groups excluding carboxylic acids is 2. The summed E-state index contributed by atoms with van der Waals surface area (Å²) in [7, 11) is 3.02. The van der Waals surface area contributed by atoms with E-state index in [-0.39, 0.29) is 24.1 Å². The van der Waals surface area contributed by atoms with Crippen molar-refractivity contribution in [2.24, 2.45) is 0 Å². The molecule has 0 bridgehead atoms. The lowest BCUT2D eigenvalue weighted by Crippen LogP contribution is -2.25. The minimum absolute atomic E-state index is 0.126. The minimum atomic E-state index is -0.748. The number of hydrogen-bond donors (Lipinski definition) is 1. The van der Waals surface area contributed by atoms with E-state index in [0.717, 1.165) is 0 Å². The lowest BCUT2D eigenvalue weighted by Gasteiger charge is -2.14. The number of pyridine rings is 2. The largest absolute Gasteiger partial charge is 0.497 e. The Bertz CT molecular complexity index is 1180. The Morgan fingerprint density at radius 2 is 1.77 bits per heavy atom. The van der Waals surface area contributed by atoms with E-state index in [1.807, 2.05) is 0 Å². The van der Waals surface area contributed by atoms with E-state index in [4.69, 9.17) is 14.2 Å². The molecule has 9 nitrogen and oxygen atoms in total. The molecule has 2 heterocycles. The molecule has 1 N–H and O–H groups in total. The fraction of sp³-hybridized carbons (Fsp3) is 0.273. The Kier molecular flexibility index (Phi) is 6.54. The van der Waals surface area contributed by atoms with Crippen LogP contribution >= 0.6 is 0 Å². The number of rotatable bonds is 7. The maximum absolute atomic E-state index is 12.8. The van der Waals surface area contributed by atoms with E-state index in [1.54, 1.807) is 44.2 Å². The average Bonchev–Trinajstić information content (AvgIpc) is 2.75. The maximum atomic E-state index is 12.8. The molecule has 3 aromatic rings. The van der Waals surface area contributed by atoms with E-state index in [9.17, 15) is 14.4 Å². The van der Waals surface area contributed by atoms with Crippen molar-refractivity contribution in [3.05, 3.63) is 58.0 Å². The van der Waals surface area contributed by atoms with Crippen LogP contribution in [0.2, 0.25) is 0 Å². The van der Waals surface area contributed by atoms with Crippen LogP contribution in [0, 0.1) is 6.92 Å². The van der Waals surface area contributed by atoms with Crippen molar-refractivity contribution in [3.8, 4) is 11.5 Å². The summed E-state index contributed by atoms with van der Waals surface area (Å²) < 4.78 is 16.9. The van der Waals surface area contributed by atoms with Crippen molar-refractivity contribution >= 4 is 28.6 Å². The monoisotopic (exact) mass is 425 g/mol. The summed E-state index contributed by atoms with van der Waals surface area (Å²) in [6.07, 6.45) is 1.31. The van der Waals surface area contributed by atoms with Gasteiger partial charge in [0.15, 0.2) is 0 Å². The molecule has 0 atom stereocenters. The van der Waals surface area contributed by atoms with Crippen LogP contribution in [0.4, 0.5) is 5.69 Å². The number of anilines is 1. The number of carbonyl (C=O) groups is 2. The molecule has 0 aliphatic rings. The average molecular weight is 425 g/mol. The molecule has 0 fully saturated rings. The smallest absolute Gasteiger partial charge is 0.343 e. The van der Waals surface area contributed by atoms with Gasteiger partial charge in [0.25, 0.3) is 0 Å². The molecule has 0 aliphatic heterocycles. The molecule has 3 rings (SSSR count). The molecule has 0 aliphatic carbocycles. The molecule has 162 valence electrons. The third-order valence-corrected chi connectivity index (χ3v) is 4.51. The van der Waals surface area contributed by atoms with Gasteiger partial charge in [-0.05, 0) is 26.0 Å². The summed E-state index contributed by atoms with van der Waals surface area (Å²) in [5, 5.41) is 2.99. The zero-order chi connectivity index (χ0) is 22.5. The van der Waals surface area contributed by atoms with Crippen LogP contribution in [0.3, 0.4) is 0 Å². The number of aryl methyl sites for hydroxylation is 1. The van der Waals surface area contributed by atoms with Crippen LogP contribution in [0.5, 0.6) is 11.5 Å². The summed E-state index contributed by atoms with van der Waals surface area (Å²) in [6.45, 7) is 3.37. The Labute approximate surface area is 178 Å². The van der Waals surface area contributed by atoms with Crippen LogP contribution in [0.25, 0.3) is 11.0 Å². The molecule has 0 radical (unpaired) electrons. The van der Waals surface area contributed by atoms with Gasteiger partial charge < -0.3 is 24.1 Å². The van der Waals surface area contributed by atoms with Crippen molar-refractivity contribution in [3.63, 3.8) is 0 Å². The molecule has 1 amide bonds. The first-order valence-corrected chi connectivity index (χ1v) is 9.57. The normalized spacial score (nSPS) is 10.6. The van der Waals surface area contributed by atoms with Crippen LogP contribution < -0.4 is 20.2 Å². The van der Waals surface area contributed by atoms with Crippen molar-refractivity contribution in [1.82, 2.24) is 9.55 Å². The zero-order valence-electron chi connectivity index (χ0n) is 17.7. The van der Waals surface area contributed by atoms with Gasteiger partial charge in [-0.15, -0.1) is 0 Å². The third kappa shape index (κ3) is 4.82. The number of benzene rings is 1. The SMILES string of the molecule is CCOC(=O)c1cn(CC(=O)Nc2cc(OC)cc(OC)c2)c2nc(C)ccc2c1=O. The van der Waals surface area contributed by atoms with Crippen molar-refractivity contribution in [1.29, 1.82) is 0 Å². The molecule has 9 heteroatoms. The first-order chi connectivity index (χ1) is 14.9. The van der Waals surface area contributed by atoms with Crippen molar-refractivity contribution in [2.45, 2.75) is 20.4 Å². The Morgan fingerprint density at radius 1 is 1.10 bits per heavy atom. The number of amides is 1. The van der Waals surface area contributed by atoms with Gasteiger partial charge in [0.1, 0.15) is 29.3 Å². The molecule has 2 aromatic heterocycles. The number of nitrogens with zero attached hydrogens (tertiary/aromatic N) is 2. The summed E-state index contributed by atoms with van der Waals surface area (Å²) in [6, 6.07) is 8.24. The van der Waals surface area contributed by atoms with E-state index in [1.165, 1.54) is 25.0 Å². The molecular formula is C22H23N3O6. The number of ether oxygens (including phenoxy) is 3. The number of hydrogen-bond acceptors (Lipinski definition) is 7. The van der Waals surface area contributed by atoms with Gasteiger partial charge in [0, 0.05) is 35.8 Å². The van der Waals surface area contributed by atoms with Gasteiger partial charge in [-0.3, -0.25) is 9.59 Å². The van der Waals surface area contributed by atoms with Crippen molar-refractivity contribution in [2.75, 3.05) is 26.1 Å². The van der Waals surface area contributed by atoms with E-state index in [0.29, 0.717) is 28.5 Å². The highest BCUT2D eigenvalue weighted by Crippen LogP contribution is 2.25. The minimum Gasteiger partial charge on any atom is -0.497 e. The van der Waals surface area contributed by atoms with Crippen LogP contribution in [-0.2, 0) is 16.1 Å². The Hall–Kier alpha value is -3.88. The number of esters is 1. The fourth-order valence-corrected chi connectivity index (χ4v) is 3.07. The highest BCUT2D eigenvalue weighted by atomic mass is 16.5. The van der Waals surface area contributed by atoms with E-state index in [2.05, 4.69) is 10.3 Å². The van der Waals surface area contributed by atoms with Gasteiger partial charge in [-0.25, -0.2) is 9.78 Å². The van der Waals surface area contributed by atoms with Crippen molar-refractivity contribution < 1.29 is 23.8 Å². The number of aromatic nitrogens is 2. The second kappa shape index (κ2) is 9.29. The highest BCUT2D eigenvalue weighted by molar-refractivity contribution is 5.95. The third-order valence-electron chi connectivity index (χ3n) is 4.51. The molecule has 0 unspecified atom stereocenters. The van der Waals surface area contributed by atoms with Crippen LogP contribution in [0.15, 0.2) is 41.3 Å². The van der Waals surface area contributed by atoms with Gasteiger partial charge in [-0.2, -0.15) is 0 Å². The Balaban J connectivity index is 1.99. The summed E-state index contributed by atoms with van der Waals surface area (Å²) in [5.41, 5.74) is 0.797. The predicted octanol–water partition coefficient (Wildman–Crippen LogP) is 2.54. The maximum Gasteiger partial charge on any atom is 0.343 e. The lowest BCUT2D eigenvalue weighted by atomic mass is 10.2. The van der Waals surface area contributed by atoms with Gasteiger partial charge in [0.05, 0.1) is 26.2 Å². The summed E-state index contributed by atoms with van der Waals surface area (Å²) in [4.78, 5) is 42.2. The standard InChI is InChI=1S/C22H23N3O6/c1-5-31-22(28)18-11-25(21-17(20(18)27)7-6-13(2)23-21)12-19(26)24-14-8-15(29-3)10-16(9-14)30-4/h6-11H,5,12H2,1-4H3,(H,24,26). The Morgan fingerprint density at radius 3 is 2.39 bits per heavy atom. The lowest BCUT2D eigenvalue weighted by molar-refractivity contribution is -0.116. The first kappa shape index (κ1) is 21.8. The van der Waals surface area contributed by atoms with Gasteiger partial charge >= 0.3 is 5.97 Å². The molecule has 0 saturated carbocycles. The predicted molar refractivity (Wildman–Crippen MR) is 115 cm³/mol. The molecule has 0 saturated heterocycles. The number of nitrogens with one attached hydrogen (secondary N) is 1. The topological polar surface area (TPSA) is 109 Å². The van der Waals surface area contributed by atoms with E-state index < -0.39 is 17.3 Å². The first-order valence-electron chi connectivity index (χ1n) is 9.57.